The van der Waals surface area contributed by atoms with Gasteiger partial charge in [-0.25, -0.2) is 0 Å². The Hall–Kier alpha value is -0.0800. The second kappa shape index (κ2) is 6.02. The minimum atomic E-state index is 0.768. The largest absolute Gasteiger partial charge is 0.313 e. The van der Waals surface area contributed by atoms with Gasteiger partial charge in [0, 0.05) is 18.6 Å². The molecule has 3 atom stereocenters. The number of likely N-dealkylation sites (N-methyl/N-ethyl adjacent to an activating group) is 1. The highest BCUT2D eigenvalue weighted by atomic mass is 15.2. The fraction of sp³-hybridized carbons (Fsp3) is 1.00. The first-order valence-electron chi connectivity index (χ1n) is 7.25. The Kier molecular flexibility index (Phi) is 4.66. The summed E-state index contributed by atoms with van der Waals surface area (Å²) in [6.07, 6.45) is 9.93. The molecule has 1 saturated carbocycles. The van der Waals surface area contributed by atoms with Crippen molar-refractivity contribution in [2.24, 2.45) is 5.92 Å². The Morgan fingerprint density at radius 3 is 2.62 bits per heavy atom. The molecule has 0 amide bonds. The third kappa shape index (κ3) is 2.98. The molecular formula is C14H28N2. The summed E-state index contributed by atoms with van der Waals surface area (Å²) in [6, 6.07) is 1.63. The highest BCUT2D eigenvalue weighted by Crippen LogP contribution is 2.30. The van der Waals surface area contributed by atoms with Crippen molar-refractivity contribution in [3.8, 4) is 0 Å². The van der Waals surface area contributed by atoms with E-state index < -0.39 is 0 Å². The van der Waals surface area contributed by atoms with E-state index in [1.807, 2.05) is 0 Å². The van der Waals surface area contributed by atoms with Gasteiger partial charge in [0.2, 0.25) is 0 Å². The van der Waals surface area contributed by atoms with E-state index in [0.29, 0.717) is 0 Å². The first-order chi connectivity index (χ1) is 7.81. The maximum atomic E-state index is 3.62. The summed E-state index contributed by atoms with van der Waals surface area (Å²) in [6.45, 7) is 4.87. The summed E-state index contributed by atoms with van der Waals surface area (Å²) in [5.74, 6) is 0.958. The van der Waals surface area contributed by atoms with E-state index in [4.69, 9.17) is 0 Å². The molecule has 3 unspecified atom stereocenters. The molecule has 16 heavy (non-hydrogen) atoms. The van der Waals surface area contributed by atoms with Gasteiger partial charge < -0.3 is 10.2 Å². The predicted octanol–water partition coefficient (Wildman–Crippen LogP) is 2.64. The molecule has 2 heteroatoms. The predicted molar refractivity (Wildman–Crippen MR) is 69.7 cm³/mol. The summed E-state index contributed by atoms with van der Waals surface area (Å²) in [7, 11) is 2.35. The molecule has 1 aliphatic heterocycles. The Bertz CT molecular complexity index is 199. The van der Waals surface area contributed by atoms with Gasteiger partial charge in [0.1, 0.15) is 0 Å². The van der Waals surface area contributed by atoms with E-state index >= 15 is 0 Å². The van der Waals surface area contributed by atoms with Gasteiger partial charge in [-0.3, -0.25) is 0 Å². The Morgan fingerprint density at radius 2 is 1.94 bits per heavy atom. The van der Waals surface area contributed by atoms with Crippen molar-refractivity contribution < 1.29 is 0 Å². The molecule has 1 aliphatic carbocycles. The molecule has 2 fully saturated rings. The molecule has 2 rings (SSSR count). The van der Waals surface area contributed by atoms with Gasteiger partial charge in [0.25, 0.3) is 0 Å². The van der Waals surface area contributed by atoms with Crippen molar-refractivity contribution >= 4 is 0 Å². The third-order valence-corrected chi connectivity index (χ3v) is 4.63. The maximum Gasteiger partial charge on any atom is 0.0195 e. The van der Waals surface area contributed by atoms with Gasteiger partial charge in [-0.1, -0.05) is 26.2 Å². The van der Waals surface area contributed by atoms with Gasteiger partial charge in [-0.05, 0) is 45.2 Å². The summed E-state index contributed by atoms with van der Waals surface area (Å²) < 4.78 is 0. The zero-order chi connectivity index (χ0) is 11.4. The lowest BCUT2D eigenvalue weighted by molar-refractivity contribution is 0.118. The quantitative estimate of drug-likeness (QED) is 0.790. The molecular weight excluding hydrogens is 196 g/mol. The van der Waals surface area contributed by atoms with Crippen LogP contribution in [0.5, 0.6) is 0 Å². The van der Waals surface area contributed by atoms with Crippen molar-refractivity contribution in [1.29, 1.82) is 0 Å². The van der Waals surface area contributed by atoms with E-state index in [9.17, 15) is 0 Å². The molecule has 0 radical (unpaired) electrons. The van der Waals surface area contributed by atoms with Crippen molar-refractivity contribution in [2.75, 3.05) is 20.1 Å². The molecule has 0 aromatic rings. The van der Waals surface area contributed by atoms with Crippen molar-refractivity contribution in [1.82, 2.24) is 10.2 Å². The standard InChI is InChI=1S/C14H28N2/c1-3-12-7-4-5-9-14(12)16(2)11-13-8-6-10-15-13/h12-15H,3-11H2,1-2H3. The molecule has 1 heterocycles. The fourth-order valence-electron chi connectivity index (χ4n) is 3.64. The number of nitrogens with zero attached hydrogens (tertiary/aromatic N) is 1. The first kappa shape index (κ1) is 12.4. The molecule has 0 bridgehead atoms. The minimum Gasteiger partial charge on any atom is -0.313 e. The molecule has 0 aromatic carbocycles. The van der Waals surface area contributed by atoms with Gasteiger partial charge in [0.05, 0.1) is 0 Å². The number of rotatable bonds is 4. The Labute approximate surface area is 101 Å². The Balaban J connectivity index is 1.83. The van der Waals surface area contributed by atoms with Crippen LogP contribution in [0.4, 0.5) is 0 Å². The topological polar surface area (TPSA) is 15.3 Å². The van der Waals surface area contributed by atoms with Gasteiger partial charge >= 0.3 is 0 Å². The van der Waals surface area contributed by atoms with Crippen LogP contribution >= 0.6 is 0 Å². The van der Waals surface area contributed by atoms with Crippen LogP contribution in [0.25, 0.3) is 0 Å². The lowest BCUT2D eigenvalue weighted by Crippen LogP contribution is -2.45. The second-order valence-corrected chi connectivity index (χ2v) is 5.75. The molecule has 94 valence electrons. The Morgan fingerprint density at radius 1 is 1.12 bits per heavy atom. The molecule has 0 spiro atoms. The van der Waals surface area contributed by atoms with Crippen LogP contribution in [-0.2, 0) is 0 Å². The summed E-state index contributed by atoms with van der Waals surface area (Å²) >= 11 is 0. The smallest absolute Gasteiger partial charge is 0.0195 e. The zero-order valence-electron chi connectivity index (χ0n) is 11.0. The highest BCUT2D eigenvalue weighted by Gasteiger charge is 2.28. The average Bonchev–Trinajstić information content (AvgIpc) is 2.81. The van der Waals surface area contributed by atoms with Crippen LogP contribution < -0.4 is 5.32 Å². The first-order valence-corrected chi connectivity index (χ1v) is 7.25. The van der Waals surface area contributed by atoms with Gasteiger partial charge in [-0.2, -0.15) is 0 Å². The number of hydrogen-bond donors (Lipinski definition) is 1. The fourth-order valence-corrected chi connectivity index (χ4v) is 3.64. The van der Waals surface area contributed by atoms with Crippen molar-refractivity contribution in [2.45, 2.75) is 64.0 Å². The molecule has 0 aromatic heterocycles. The normalized spacial score (nSPS) is 35.8. The minimum absolute atomic E-state index is 0.768. The van der Waals surface area contributed by atoms with Crippen LogP contribution in [0.3, 0.4) is 0 Å². The van der Waals surface area contributed by atoms with E-state index in [0.717, 1.165) is 18.0 Å². The van der Waals surface area contributed by atoms with Crippen LogP contribution in [0.1, 0.15) is 51.9 Å². The number of hydrogen-bond acceptors (Lipinski definition) is 2. The second-order valence-electron chi connectivity index (χ2n) is 5.75. The zero-order valence-corrected chi connectivity index (χ0v) is 11.0. The van der Waals surface area contributed by atoms with Gasteiger partial charge in [-0.15, -0.1) is 0 Å². The lowest BCUT2D eigenvalue weighted by Gasteiger charge is -2.38. The molecule has 2 aliphatic rings. The lowest BCUT2D eigenvalue weighted by atomic mass is 9.82. The summed E-state index contributed by atoms with van der Waals surface area (Å²) in [4.78, 5) is 2.65. The van der Waals surface area contributed by atoms with Gasteiger partial charge in [0.15, 0.2) is 0 Å². The average molecular weight is 224 g/mol. The molecule has 2 nitrogen and oxygen atoms in total. The SMILES string of the molecule is CCC1CCCCC1N(C)CC1CCCN1. The number of nitrogens with one attached hydrogen (secondary N) is 1. The van der Waals surface area contributed by atoms with E-state index in [-0.39, 0.29) is 0 Å². The van der Waals surface area contributed by atoms with Crippen molar-refractivity contribution in [3.05, 3.63) is 0 Å². The van der Waals surface area contributed by atoms with E-state index in [1.165, 1.54) is 58.0 Å². The van der Waals surface area contributed by atoms with Crippen LogP contribution in [0, 0.1) is 5.92 Å². The monoisotopic (exact) mass is 224 g/mol. The van der Waals surface area contributed by atoms with E-state index in [2.05, 4.69) is 24.2 Å². The van der Waals surface area contributed by atoms with Crippen LogP contribution in [-0.4, -0.2) is 37.1 Å². The summed E-state index contributed by atoms with van der Waals surface area (Å²) in [5, 5.41) is 3.62. The maximum absolute atomic E-state index is 3.62. The third-order valence-electron chi connectivity index (χ3n) is 4.63. The van der Waals surface area contributed by atoms with Crippen molar-refractivity contribution in [3.63, 3.8) is 0 Å². The van der Waals surface area contributed by atoms with E-state index in [1.54, 1.807) is 0 Å². The van der Waals surface area contributed by atoms with Crippen LogP contribution in [0.15, 0.2) is 0 Å². The highest BCUT2D eigenvalue weighted by molar-refractivity contribution is 4.85. The van der Waals surface area contributed by atoms with Crippen LogP contribution in [0.2, 0.25) is 0 Å². The molecule has 1 N–H and O–H groups in total. The molecule has 1 saturated heterocycles. The summed E-state index contributed by atoms with van der Waals surface area (Å²) in [5.41, 5.74) is 0.